The highest BCUT2D eigenvalue weighted by molar-refractivity contribution is 6.00. The zero-order valence-electron chi connectivity index (χ0n) is 19.6. The highest BCUT2D eigenvalue weighted by Gasteiger charge is 2.18. The Morgan fingerprint density at radius 2 is 1.85 bits per heavy atom. The monoisotopic (exact) mass is 449 g/mol. The Hall–Kier alpha value is -2.83. The Morgan fingerprint density at radius 3 is 2.64 bits per heavy atom. The van der Waals surface area contributed by atoms with E-state index in [-0.39, 0.29) is 5.91 Å². The lowest BCUT2D eigenvalue weighted by molar-refractivity contribution is 0.0374. The van der Waals surface area contributed by atoms with Crippen LogP contribution in [0.1, 0.15) is 35.8 Å². The third-order valence-corrected chi connectivity index (χ3v) is 6.17. The van der Waals surface area contributed by atoms with Gasteiger partial charge in [-0.3, -0.25) is 9.69 Å². The van der Waals surface area contributed by atoms with Crippen molar-refractivity contribution in [3.05, 3.63) is 65.9 Å². The van der Waals surface area contributed by atoms with Crippen LogP contribution < -0.4 is 10.1 Å². The van der Waals surface area contributed by atoms with Gasteiger partial charge in [0.2, 0.25) is 0 Å². The minimum Gasteiger partial charge on any atom is -0.493 e. The van der Waals surface area contributed by atoms with Crippen LogP contribution in [-0.4, -0.2) is 61.4 Å². The number of hydrogen-bond acceptors (Lipinski definition) is 4. The van der Waals surface area contributed by atoms with E-state index >= 15 is 0 Å². The summed E-state index contributed by atoms with van der Waals surface area (Å²) in [4.78, 5) is 15.6. The first-order chi connectivity index (χ1) is 16.3. The molecule has 2 aromatic carbocycles. The van der Waals surface area contributed by atoms with Crippen LogP contribution in [0, 0.1) is 0 Å². The van der Waals surface area contributed by atoms with E-state index in [4.69, 9.17) is 9.47 Å². The van der Waals surface area contributed by atoms with Gasteiger partial charge >= 0.3 is 0 Å². The van der Waals surface area contributed by atoms with E-state index < -0.39 is 0 Å². The van der Waals surface area contributed by atoms with Crippen molar-refractivity contribution in [2.45, 2.75) is 32.7 Å². The summed E-state index contributed by atoms with van der Waals surface area (Å²) in [7, 11) is 0. The van der Waals surface area contributed by atoms with Crippen LogP contribution in [0.5, 0.6) is 5.75 Å². The number of nitrogens with one attached hydrogen (secondary N) is 1. The molecule has 0 radical (unpaired) electrons. The van der Waals surface area contributed by atoms with Gasteiger partial charge in [-0.2, -0.15) is 0 Å². The Kier molecular flexibility index (Phi) is 8.39. The Morgan fingerprint density at radius 1 is 1.03 bits per heavy atom. The molecule has 1 aliphatic rings. The zero-order valence-corrected chi connectivity index (χ0v) is 19.6. The van der Waals surface area contributed by atoms with E-state index in [0.717, 1.165) is 75.3 Å². The average Bonchev–Trinajstić information content (AvgIpc) is 3.23. The van der Waals surface area contributed by atoms with E-state index in [0.29, 0.717) is 18.8 Å². The van der Waals surface area contributed by atoms with Crippen LogP contribution in [0.3, 0.4) is 0 Å². The first-order valence-electron chi connectivity index (χ1n) is 12.1. The molecule has 0 bridgehead atoms. The molecule has 0 aliphatic carbocycles. The summed E-state index contributed by atoms with van der Waals surface area (Å²) in [5, 5.41) is 4.14. The minimum atomic E-state index is -0.0182. The summed E-state index contributed by atoms with van der Waals surface area (Å²) in [5.74, 6) is 0.813. The van der Waals surface area contributed by atoms with Crippen molar-refractivity contribution in [2.75, 3.05) is 46.0 Å². The van der Waals surface area contributed by atoms with Crippen LogP contribution in [-0.2, 0) is 17.7 Å². The molecule has 176 valence electrons. The van der Waals surface area contributed by atoms with Gasteiger partial charge < -0.3 is 19.4 Å². The molecule has 4 rings (SSSR count). The predicted octanol–water partition coefficient (Wildman–Crippen LogP) is 4.12. The molecule has 0 saturated carbocycles. The van der Waals surface area contributed by atoms with Gasteiger partial charge in [-0.05, 0) is 56.5 Å². The molecule has 0 atom stereocenters. The lowest BCUT2D eigenvalue weighted by Gasteiger charge is -2.26. The van der Waals surface area contributed by atoms with Crippen molar-refractivity contribution < 1.29 is 14.3 Å². The number of aromatic nitrogens is 1. The molecule has 6 nitrogen and oxygen atoms in total. The molecule has 3 aromatic rings. The maximum atomic E-state index is 13.2. The van der Waals surface area contributed by atoms with Gasteiger partial charge in [0.1, 0.15) is 11.4 Å². The fourth-order valence-corrected chi connectivity index (χ4v) is 4.47. The Labute approximate surface area is 196 Å². The second kappa shape index (κ2) is 11.9. The van der Waals surface area contributed by atoms with Gasteiger partial charge in [-0.1, -0.05) is 36.4 Å². The highest BCUT2D eigenvalue weighted by Crippen LogP contribution is 2.29. The van der Waals surface area contributed by atoms with Crippen molar-refractivity contribution in [3.8, 4) is 5.75 Å². The van der Waals surface area contributed by atoms with Crippen molar-refractivity contribution in [3.63, 3.8) is 0 Å². The Bertz CT molecular complexity index is 1030. The third kappa shape index (κ3) is 6.15. The molecule has 2 heterocycles. The van der Waals surface area contributed by atoms with Crippen LogP contribution in [0.25, 0.3) is 10.9 Å². The van der Waals surface area contributed by atoms with Crippen molar-refractivity contribution in [1.82, 2.24) is 14.8 Å². The van der Waals surface area contributed by atoms with Gasteiger partial charge in [0.15, 0.2) is 0 Å². The molecule has 1 saturated heterocycles. The quantitative estimate of drug-likeness (QED) is 0.448. The smallest absolute Gasteiger partial charge is 0.267 e. The minimum absolute atomic E-state index is 0.0182. The molecule has 6 heteroatoms. The summed E-state index contributed by atoms with van der Waals surface area (Å²) in [5.41, 5.74) is 3.07. The number of hydrogen-bond donors (Lipinski definition) is 1. The lowest BCUT2D eigenvalue weighted by Crippen LogP contribution is -2.38. The number of fused-ring (bicyclic) bond motifs is 1. The number of carbonyl (C=O) groups excluding carboxylic acids is 1. The van der Waals surface area contributed by atoms with E-state index in [1.165, 1.54) is 5.56 Å². The van der Waals surface area contributed by atoms with Crippen molar-refractivity contribution in [1.29, 1.82) is 0 Å². The summed E-state index contributed by atoms with van der Waals surface area (Å²) >= 11 is 0. The van der Waals surface area contributed by atoms with Gasteiger partial charge in [-0.15, -0.1) is 0 Å². The third-order valence-electron chi connectivity index (χ3n) is 6.17. The number of amides is 1. The number of rotatable bonds is 11. The number of morpholine rings is 1. The number of benzene rings is 2. The lowest BCUT2D eigenvalue weighted by atomic mass is 10.1. The SMILES string of the molecule is CCOc1cccc2c1cc(C(=O)NCCCN1CCOCC1)n2CCCc1ccccc1. The van der Waals surface area contributed by atoms with Crippen molar-refractivity contribution >= 4 is 16.8 Å². The molecule has 1 amide bonds. The maximum absolute atomic E-state index is 13.2. The normalized spacial score (nSPS) is 14.5. The van der Waals surface area contributed by atoms with E-state index in [1.54, 1.807) is 0 Å². The first-order valence-corrected chi connectivity index (χ1v) is 12.1. The van der Waals surface area contributed by atoms with Crippen LogP contribution in [0.15, 0.2) is 54.6 Å². The molecule has 1 N–H and O–H groups in total. The van der Waals surface area contributed by atoms with Crippen LogP contribution in [0.2, 0.25) is 0 Å². The fraction of sp³-hybridized carbons (Fsp3) is 0.444. The second-order valence-corrected chi connectivity index (χ2v) is 8.46. The topological polar surface area (TPSA) is 55.7 Å². The van der Waals surface area contributed by atoms with E-state index in [1.807, 2.05) is 31.2 Å². The van der Waals surface area contributed by atoms with Gasteiger partial charge in [0, 0.05) is 31.6 Å². The Balaban J connectivity index is 1.45. The van der Waals surface area contributed by atoms with Gasteiger partial charge in [-0.25, -0.2) is 0 Å². The summed E-state index contributed by atoms with van der Waals surface area (Å²) in [6, 6.07) is 18.5. The maximum Gasteiger partial charge on any atom is 0.267 e. The average molecular weight is 450 g/mol. The zero-order chi connectivity index (χ0) is 22.9. The standard InChI is InChI=1S/C27H35N3O3/c1-2-33-26-13-6-12-24-23(26)21-25(30(24)16-7-11-22-9-4-3-5-10-22)27(31)28-14-8-15-29-17-19-32-20-18-29/h3-6,9-10,12-13,21H,2,7-8,11,14-20H2,1H3,(H,28,31). The molecule has 33 heavy (non-hydrogen) atoms. The molecule has 1 fully saturated rings. The molecule has 1 aromatic heterocycles. The molecule has 1 aliphatic heterocycles. The molecular weight excluding hydrogens is 414 g/mol. The number of ether oxygens (including phenoxy) is 2. The predicted molar refractivity (Wildman–Crippen MR) is 132 cm³/mol. The summed E-state index contributed by atoms with van der Waals surface area (Å²) < 4.78 is 13.4. The number of carbonyl (C=O) groups is 1. The largest absolute Gasteiger partial charge is 0.493 e. The second-order valence-electron chi connectivity index (χ2n) is 8.46. The summed E-state index contributed by atoms with van der Waals surface area (Å²) in [6.45, 7) is 8.57. The number of aryl methyl sites for hydroxylation is 2. The van der Waals surface area contributed by atoms with Crippen molar-refractivity contribution in [2.24, 2.45) is 0 Å². The highest BCUT2D eigenvalue weighted by atomic mass is 16.5. The van der Waals surface area contributed by atoms with Gasteiger partial charge in [0.05, 0.1) is 25.3 Å². The van der Waals surface area contributed by atoms with Crippen LogP contribution in [0.4, 0.5) is 0 Å². The molecule has 0 unspecified atom stereocenters. The fourth-order valence-electron chi connectivity index (χ4n) is 4.47. The van der Waals surface area contributed by atoms with Gasteiger partial charge in [0.25, 0.3) is 5.91 Å². The first kappa shape index (κ1) is 23.3. The molecular formula is C27H35N3O3. The van der Waals surface area contributed by atoms with E-state index in [9.17, 15) is 4.79 Å². The molecule has 0 spiro atoms. The number of nitrogens with zero attached hydrogens (tertiary/aromatic N) is 2. The van der Waals surface area contributed by atoms with E-state index in [2.05, 4.69) is 45.1 Å². The summed E-state index contributed by atoms with van der Waals surface area (Å²) in [6.07, 6.45) is 2.88. The van der Waals surface area contributed by atoms with Crippen LogP contribution >= 0.6 is 0 Å².